The molecule has 0 radical (unpaired) electrons. The van der Waals surface area contributed by atoms with Crippen LogP contribution < -0.4 is 0 Å². The summed E-state index contributed by atoms with van der Waals surface area (Å²) in [5.41, 5.74) is 4.33. The van der Waals surface area contributed by atoms with Gasteiger partial charge in [0.25, 0.3) is 0 Å². The second-order valence-corrected chi connectivity index (χ2v) is 9.47. The monoisotopic (exact) mass is 382 g/mol. The first-order chi connectivity index (χ1) is 14.0. The minimum atomic E-state index is -0.0654. The van der Waals surface area contributed by atoms with E-state index in [0.717, 1.165) is 0 Å². The predicted octanol–water partition coefficient (Wildman–Crippen LogP) is 7.63. The molecule has 4 rings (SSSR count). The second kappa shape index (κ2) is 7.82. The van der Waals surface area contributed by atoms with Crippen LogP contribution in [0.2, 0.25) is 0 Å². The first-order valence-electron chi connectivity index (χ1n) is 11.2. The van der Waals surface area contributed by atoms with E-state index in [1.807, 2.05) is 0 Å². The van der Waals surface area contributed by atoms with Gasteiger partial charge < -0.3 is 0 Å². The van der Waals surface area contributed by atoms with Crippen LogP contribution in [0, 0.1) is 17.8 Å². The van der Waals surface area contributed by atoms with Crippen molar-refractivity contribution in [3.63, 3.8) is 0 Å². The summed E-state index contributed by atoms with van der Waals surface area (Å²) in [6.45, 7) is 9.86. The highest BCUT2D eigenvalue weighted by molar-refractivity contribution is 5.50. The molecule has 29 heavy (non-hydrogen) atoms. The molecular weight excluding hydrogens is 348 g/mol. The van der Waals surface area contributed by atoms with E-state index in [1.165, 1.54) is 29.5 Å². The maximum absolute atomic E-state index is 2.52. The van der Waals surface area contributed by atoms with Crippen molar-refractivity contribution in [3.05, 3.63) is 108 Å². The Morgan fingerprint density at radius 1 is 0.690 bits per heavy atom. The molecular formula is C29H34. The van der Waals surface area contributed by atoms with Gasteiger partial charge in [-0.05, 0) is 47.3 Å². The van der Waals surface area contributed by atoms with Crippen LogP contribution >= 0.6 is 0 Å². The molecule has 0 amide bonds. The van der Waals surface area contributed by atoms with E-state index < -0.39 is 0 Å². The molecule has 0 N–H and O–H groups in total. The molecule has 0 heterocycles. The van der Waals surface area contributed by atoms with Crippen molar-refractivity contribution in [2.75, 3.05) is 0 Å². The Morgan fingerprint density at radius 3 is 1.52 bits per heavy atom. The van der Waals surface area contributed by atoms with Crippen molar-refractivity contribution in [2.24, 2.45) is 17.8 Å². The molecule has 0 aliphatic heterocycles. The third kappa shape index (κ3) is 3.05. The lowest BCUT2D eigenvalue weighted by Gasteiger charge is -2.60. The van der Waals surface area contributed by atoms with Gasteiger partial charge in [0.1, 0.15) is 0 Å². The minimum Gasteiger partial charge on any atom is -0.0625 e. The molecule has 1 aliphatic carbocycles. The summed E-state index contributed by atoms with van der Waals surface area (Å²) < 4.78 is 0. The van der Waals surface area contributed by atoms with E-state index in [1.54, 1.807) is 0 Å². The van der Waals surface area contributed by atoms with Crippen LogP contribution in [0.15, 0.2) is 91.0 Å². The fourth-order valence-corrected chi connectivity index (χ4v) is 6.55. The zero-order valence-electron chi connectivity index (χ0n) is 18.3. The molecule has 0 aromatic heterocycles. The first kappa shape index (κ1) is 20.0. The molecule has 1 fully saturated rings. The highest BCUT2D eigenvalue weighted by Crippen LogP contribution is 2.62. The van der Waals surface area contributed by atoms with Crippen LogP contribution in [-0.4, -0.2) is 0 Å². The minimum absolute atomic E-state index is 0.0295. The highest BCUT2D eigenvalue weighted by Gasteiger charge is 2.58. The zero-order chi connectivity index (χ0) is 20.5. The van der Waals surface area contributed by atoms with Gasteiger partial charge in [0.15, 0.2) is 0 Å². The normalized spacial score (nSPS) is 26.4. The highest BCUT2D eigenvalue weighted by atomic mass is 14.6. The summed E-state index contributed by atoms with van der Waals surface area (Å²) in [6.07, 6.45) is 2.49. The van der Waals surface area contributed by atoms with Crippen LogP contribution in [0.25, 0.3) is 0 Å². The molecule has 0 nitrogen and oxygen atoms in total. The smallest absolute Gasteiger partial charge is 0.0325 e. The molecule has 3 aromatic carbocycles. The standard InChI is InChI=1S/C29H34/c1-22(2)27-20-21-28(4,24-14-8-5-9-15-24)29(23(27)3,25-16-10-6-11-17-25)26-18-12-7-13-19-26/h5-19,22-23,27H,20-21H2,1-4H3. The summed E-state index contributed by atoms with van der Waals surface area (Å²) >= 11 is 0. The van der Waals surface area contributed by atoms with Crippen molar-refractivity contribution in [2.45, 2.75) is 51.4 Å². The lowest BCUT2D eigenvalue weighted by molar-refractivity contribution is 0.0486. The maximum atomic E-state index is 2.52. The second-order valence-electron chi connectivity index (χ2n) is 9.47. The van der Waals surface area contributed by atoms with Gasteiger partial charge >= 0.3 is 0 Å². The molecule has 1 saturated carbocycles. The van der Waals surface area contributed by atoms with Crippen molar-refractivity contribution >= 4 is 0 Å². The Balaban J connectivity index is 2.08. The van der Waals surface area contributed by atoms with Gasteiger partial charge in [0, 0.05) is 10.8 Å². The molecule has 3 aromatic rings. The molecule has 3 unspecified atom stereocenters. The SMILES string of the molecule is CC(C)C1CCC(C)(c2ccccc2)C(c2ccccc2)(c2ccccc2)C1C. The van der Waals surface area contributed by atoms with Gasteiger partial charge in [0.2, 0.25) is 0 Å². The van der Waals surface area contributed by atoms with Gasteiger partial charge in [-0.1, -0.05) is 119 Å². The Morgan fingerprint density at radius 2 is 1.10 bits per heavy atom. The zero-order valence-corrected chi connectivity index (χ0v) is 18.3. The molecule has 150 valence electrons. The lowest BCUT2D eigenvalue weighted by atomic mass is 9.43. The van der Waals surface area contributed by atoms with Crippen molar-refractivity contribution in [3.8, 4) is 0 Å². The van der Waals surface area contributed by atoms with E-state index in [2.05, 4.69) is 119 Å². The van der Waals surface area contributed by atoms with Gasteiger partial charge in [-0.15, -0.1) is 0 Å². The molecule has 1 aliphatic rings. The van der Waals surface area contributed by atoms with Gasteiger partial charge in [-0.25, -0.2) is 0 Å². The third-order valence-electron chi connectivity index (χ3n) is 7.90. The van der Waals surface area contributed by atoms with Crippen LogP contribution in [0.4, 0.5) is 0 Å². The molecule has 0 saturated heterocycles. The van der Waals surface area contributed by atoms with E-state index in [4.69, 9.17) is 0 Å². The van der Waals surface area contributed by atoms with Crippen LogP contribution in [0.5, 0.6) is 0 Å². The Bertz CT molecular complexity index is 871. The molecule has 0 heteroatoms. The molecule has 0 spiro atoms. The van der Waals surface area contributed by atoms with Crippen molar-refractivity contribution in [1.29, 1.82) is 0 Å². The Hall–Kier alpha value is -2.34. The summed E-state index contributed by atoms with van der Waals surface area (Å²) in [7, 11) is 0. The van der Waals surface area contributed by atoms with Crippen LogP contribution in [0.1, 0.15) is 57.2 Å². The van der Waals surface area contributed by atoms with Gasteiger partial charge in [-0.3, -0.25) is 0 Å². The predicted molar refractivity (Wildman–Crippen MR) is 124 cm³/mol. The van der Waals surface area contributed by atoms with Crippen LogP contribution in [0.3, 0.4) is 0 Å². The maximum Gasteiger partial charge on any atom is 0.0325 e. The average molecular weight is 383 g/mol. The fourth-order valence-electron chi connectivity index (χ4n) is 6.55. The van der Waals surface area contributed by atoms with Gasteiger partial charge in [-0.2, -0.15) is 0 Å². The summed E-state index contributed by atoms with van der Waals surface area (Å²) in [6, 6.07) is 33.9. The average Bonchev–Trinajstić information content (AvgIpc) is 2.76. The number of rotatable bonds is 4. The van der Waals surface area contributed by atoms with E-state index >= 15 is 0 Å². The van der Waals surface area contributed by atoms with Gasteiger partial charge in [0.05, 0.1) is 0 Å². The summed E-state index contributed by atoms with van der Waals surface area (Å²) in [5.74, 6) is 1.91. The fraction of sp³-hybridized carbons (Fsp3) is 0.379. The molecule has 3 atom stereocenters. The topological polar surface area (TPSA) is 0 Å². The van der Waals surface area contributed by atoms with Crippen molar-refractivity contribution < 1.29 is 0 Å². The van der Waals surface area contributed by atoms with Crippen LogP contribution in [-0.2, 0) is 10.8 Å². The lowest BCUT2D eigenvalue weighted by Crippen LogP contribution is -2.58. The summed E-state index contributed by atoms with van der Waals surface area (Å²) in [4.78, 5) is 0. The largest absolute Gasteiger partial charge is 0.0625 e. The molecule has 0 bridgehead atoms. The van der Waals surface area contributed by atoms with E-state index in [0.29, 0.717) is 17.8 Å². The quantitative estimate of drug-likeness (QED) is 0.435. The summed E-state index contributed by atoms with van der Waals surface area (Å²) in [5, 5.41) is 0. The third-order valence-corrected chi connectivity index (χ3v) is 7.90. The Labute approximate surface area is 177 Å². The van der Waals surface area contributed by atoms with E-state index in [9.17, 15) is 0 Å². The number of hydrogen-bond donors (Lipinski definition) is 0. The Kier molecular flexibility index (Phi) is 5.38. The van der Waals surface area contributed by atoms with Crippen molar-refractivity contribution in [1.82, 2.24) is 0 Å². The first-order valence-corrected chi connectivity index (χ1v) is 11.2. The van der Waals surface area contributed by atoms with E-state index in [-0.39, 0.29) is 10.8 Å². The number of benzene rings is 3. The number of hydrogen-bond acceptors (Lipinski definition) is 0.